The SMILES string of the molecule is CC1(C)CC(=O)C2=C(C1)N(c1ccc(S(N)(=O)=O)cc1)C(N)=C(C#N)[C@H]2c1ccccc1F. The number of hydrogen-bond acceptors (Lipinski definition) is 6. The number of anilines is 1. The summed E-state index contributed by atoms with van der Waals surface area (Å²) in [5.41, 5.74) is 7.74. The Balaban J connectivity index is 1.98. The van der Waals surface area contributed by atoms with Gasteiger partial charge in [0.1, 0.15) is 11.6 Å². The van der Waals surface area contributed by atoms with E-state index in [0.29, 0.717) is 23.4 Å². The van der Waals surface area contributed by atoms with Crippen LogP contribution in [-0.2, 0) is 14.8 Å². The van der Waals surface area contributed by atoms with Gasteiger partial charge in [0, 0.05) is 28.9 Å². The zero-order valence-electron chi connectivity index (χ0n) is 18.2. The van der Waals surface area contributed by atoms with Crippen molar-refractivity contribution in [1.82, 2.24) is 0 Å². The number of carbonyl (C=O) groups excluding carboxylic acids is 1. The number of Topliss-reactive ketones (excluding diaryl/α,β-unsaturated/α-hetero) is 1. The summed E-state index contributed by atoms with van der Waals surface area (Å²) in [7, 11) is -3.90. The van der Waals surface area contributed by atoms with Crippen LogP contribution in [0.4, 0.5) is 10.1 Å². The molecule has 1 aliphatic heterocycles. The number of rotatable bonds is 3. The average molecular weight is 467 g/mol. The number of hydrogen-bond donors (Lipinski definition) is 2. The smallest absolute Gasteiger partial charge is 0.238 e. The lowest BCUT2D eigenvalue weighted by molar-refractivity contribution is -0.118. The second-order valence-electron chi connectivity index (χ2n) is 9.04. The van der Waals surface area contributed by atoms with Gasteiger partial charge < -0.3 is 5.73 Å². The Bertz CT molecular complexity index is 1370. The van der Waals surface area contributed by atoms with E-state index in [4.69, 9.17) is 10.9 Å². The number of ketones is 1. The van der Waals surface area contributed by atoms with E-state index in [2.05, 4.69) is 6.07 Å². The van der Waals surface area contributed by atoms with E-state index in [1.807, 2.05) is 13.8 Å². The summed E-state index contributed by atoms with van der Waals surface area (Å²) in [6.07, 6.45) is 0.697. The molecule has 0 amide bonds. The summed E-state index contributed by atoms with van der Waals surface area (Å²) < 4.78 is 38.2. The minimum Gasteiger partial charge on any atom is -0.384 e. The highest BCUT2D eigenvalue weighted by Crippen LogP contribution is 2.50. The second-order valence-corrected chi connectivity index (χ2v) is 10.6. The van der Waals surface area contributed by atoms with E-state index in [1.54, 1.807) is 23.1 Å². The molecule has 0 aromatic heterocycles. The third kappa shape index (κ3) is 3.92. The lowest BCUT2D eigenvalue weighted by Crippen LogP contribution is -2.42. The fourth-order valence-corrected chi connectivity index (χ4v) is 5.12. The lowest BCUT2D eigenvalue weighted by atomic mass is 9.68. The van der Waals surface area contributed by atoms with Gasteiger partial charge in [-0.05, 0) is 42.2 Å². The minimum absolute atomic E-state index is 0.0578. The number of halogens is 1. The van der Waals surface area contributed by atoms with Crippen LogP contribution in [-0.4, -0.2) is 14.2 Å². The maximum atomic E-state index is 14.8. The van der Waals surface area contributed by atoms with Gasteiger partial charge >= 0.3 is 0 Å². The van der Waals surface area contributed by atoms with Crippen molar-refractivity contribution < 1.29 is 17.6 Å². The first-order valence-electron chi connectivity index (χ1n) is 10.3. The number of allylic oxidation sites excluding steroid dienone is 3. The highest BCUT2D eigenvalue weighted by molar-refractivity contribution is 7.89. The molecule has 33 heavy (non-hydrogen) atoms. The molecule has 0 unspecified atom stereocenters. The Hall–Kier alpha value is -3.48. The second kappa shape index (κ2) is 7.83. The fourth-order valence-electron chi connectivity index (χ4n) is 4.61. The van der Waals surface area contributed by atoms with Crippen molar-refractivity contribution >= 4 is 21.5 Å². The number of nitrogens with two attached hydrogens (primary N) is 2. The Morgan fingerprint density at radius 2 is 1.76 bits per heavy atom. The van der Waals surface area contributed by atoms with Crippen LogP contribution < -0.4 is 15.8 Å². The average Bonchev–Trinajstić information content (AvgIpc) is 2.72. The summed E-state index contributed by atoms with van der Waals surface area (Å²) in [5.74, 6) is -1.56. The van der Waals surface area contributed by atoms with Crippen molar-refractivity contribution in [1.29, 1.82) is 5.26 Å². The monoisotopic (exact) mass is 466 g/mol. The van der Waals surface area contributed by atoms with Crippen LogP contribution >= 0.6 is 0 Å². The highest BCUT2D eigenvalue weighted by atomic mass is 32.2. The number of primary sulfonamides is 1. The van der Waals surface area contributed by atoms with E-state index >= 15 is 0 Å². The van der Waals surface area contributed by atoms with Crippen LogP contribution in [0.15, 0.2) is 76.1 Å². The Labute approximate surface area is 191 Å². The molecule has 0 saturated carbocycles. The van der Waals surface area contributed by atoms with E-state index in [0.717, 1.165) is 0 Å². The first kappa shape index (κ1) is 22.7. The van der Waals surface area contributed by atoms with Gasteiger partial charge in [-0.2, -0.15) is 5.26 Å². The highest BCUT2D eigenvalue weighted by Gasteiger charge is 2.45. The van der Waals surface area contributed by atoms with Crippen molar-refractivity contribution in [2.75, 3.05) is 4.90 Å². The molecule has 0 radical (unpaired) electrons. The molecular formula is C24H23FN4O3S. The molecule has 2 aromatic rings. The van der Waals surface area contributed by atoms with Crippen LogP contribution in [0.2, 0.25) is 0 Å². The minimum atomic E-state index is -3.90. The third-order valence-corrected chi connectivity index (χ3v) is 6.95. The predicted molar refractivity (Wildman–Crippen MR) is 121 cm³/mol. The number of nitrogens with zero attached hydrogens (tertiary/aromatic N) is 2. The van der Waals surface area contributed by atoms with Gasteiger partial charge in [-0.3, -0.25) is 9.69 Å². The van der Waals surface area contributed by atoms with Crippen LogP contribution in [0.25, 0.3) is 0 Å². The van der Waals surface area contributed by atoms with E-state index < -0.39 is 21.8 Å². The first-order valence-corrected chi connectivity index (χ1v) is 11.8. The number of benzene rings is 2. The van der Waals surface area contributed by atoms with Crippen LogP contribution in [0.3, 0.4) is 0 Å². The summed E-state index contributed by atoms with van der Waals surface area (Å²) in [6, 6.07) is 13.8. The normalized spacial score (nSPS) is 20.5. The molecule has 9 heteroatoms. The summed E-state index contributed by atoms with van der Waals surface area (Å²) in [5, 5.41) is 15.2. The summed E-state index contributed by atoms with van der Waals surface area (Å²) >= 11 is 0. The molecule has 170 valence electrons. The maximum absolute atomic E-state index is 14.8. The van der Waals surface area contributed by atoms with Gasteiger partial charge in [-0.1, -0.05) is 32.0 Å². The molecule has 2 aliphatic rings. The lowest BCUT2D eigenvalue weighted by Gasteiger charge is -2.43. The van der Waals surface area contributed by atoms with E-state index in [1.165, 1.54) is 30.3 Å². The molecule has 1 atom stereocenters. The molecule has 7 nitrogen and oxygen atoms in total. The van der Waals surface area contributed by atoms with Gasteiger partial charge in [0.15, 0.2) is 5.78 Å². The molecule has 0 bridgehead atoms. The molecule has 2 aromatic carbocycles. The van der Waals surface area contributed by atoms with Crippen molar-refractivity contribution in [3.63, 3.8) is 0 Å². The number of carbonyl (C=O) groups is 1. The quantitative estimate of drug-likeness (QED) is 0.713. The van der Waals surface area contributed by atoms with E-state index in [9.17, 15) is 22.9 Å². The van der Waals surface area contributed by atoms with Crippen molar-refractivity contribution in [2.24, 2.45) is 16.3 Å². The zero-order valence-corrected chi connectivity index (χ0v) is 19.0. The van der Waals surface area contributed by atoms with Crippen LogP contribution in [0.1, 0.15) is 38.2 Å². The largest absolute Gasteiger partial charge is 0.384 e. The van der Waals surface area contributed by atoms with Crippen molar-refractivity contribution in [3.05, 3.63) is 82.6 Å². The summed E-state index contributed by atoms with van der Waals surface area (Å²) in [6.45, 7) is 3.91. The molecule has 4 N–H and O–H groups in total. The van der Waals surface area contributed by atoms with Gasteiger partial charge in [0.25, 0.3) is 0 Å². The molecule has 1 heterocycles. The summed E-state index contributed by atoms with van der Waals surface area (Å²) in [4.78, 5) is 14.9. The molecule has 0 spiro atoms. The van der Waals surface area contributed by atoms with Crippen LogP contribution in [0, 0.1) is 22.6 Å². The third-order valence-electron chi connectivity index (χ3n) is 6.02. The van der Waals surface area contributed by atoms with Gasteiger partial charge in [0.05, 0.1) is 22.5 Å². The number of sulfonamides is 1. The topological polar surface area (TPSA) is 130 Å². The van der Waals surface area contributed by atoms with Crippen molar-refractivity contribution in [3.8, 4) is 6.07 Å². The Morgan fingerprint density at radius 3 is 2.33 bits per heavy atom. The zero-order chi connectivity index (χ0) is 24.1. The Morgan fingerprint density at radius 1 is 1.12 bits per heavy atom. The van der Waals surface area contributed by atoms with Gasteiger partial charge in [-0.25, -0.2) is 17.9 Å². The van der Waals surface area contributed by atoms with Crippen LogP contribution in [0.5, 0.6) is 0 Å². The van der Waals surface area contributed by atoms with Gasteiger partial charge in [-0.15, -0.1) is 0 Å². The predicted octanol–water partition coefficient (Wildman–Crippen LogP) is 3.41. The maximum Gasteiger partial charge on any atom is 0.238 e. The molecule has 0 saturated heterocycles. The van der Waals surface area contributed by atoms with Gasteiger partial charge in [0.2, 0.25) is 10.0 Å². The molecule has 0 fully saturated rings. The number of nitriles is 1. The fraction of sp³-hybridized carbons (Fsp3) is 0.250. The molecular weight excluding hydrogens is 443 g/mol. The molecule has 1 aliphatic carbocycles. The molecule has 4 rings (SSSR count). The Kier molecular flexibility index (Phi) is 5.39. The van der Waals surface area contributed by atoms with E-state index in [-0.39, 0.29) is 39.5 Å². The van der Waals surface area contributed by atoms with Crippen molar-refractivity contribution in [2.45, 2.75) is 37.5 Å². The first-order chi connectivity index (χ1) is 15.4. The standard InChI is InChI=1S/C24H23FN4O3S/c1-24(2)11-19-22(20(30)12-24)21(16-5-3-4-6-18(16)25)17(13-26)23(27)29(19)14-7-9-15(10-8-14)33(28,31)32/h3-10,21H,11-12,27H2,1-2H3,(H2,28,31,32)/t21-/m1/s1.